The van der Waals surface area contributed by atoms with Crippen LogP contribution in [0.4, 0.5) is 0 Å². The Morgan fingerprint density at radius 1 is 1.31 bits per heavy atom. The number of hydrogen-bond acceptors (Lipinski definition) is 6. The number of furan rings is 1. The Bertz CT molecular complexity index is 1270. The monoisotopic (exact) mass is 413 g/mol. The highest BCUT2D eigenvalue weighted by Gasteiger charge is 2.29. The van der Waals surface area contributed by atoms with E-state index in [0.29, 0.717) is 45.2 Å². The molecule has 29 heavy (non-hydrogen) atoms. The fourth-order valence-corrected chi connectivity index (χ4v) is 4.22. The molecule has 1 saturated heterocycles. The number of hydrogen-bond donors (Lipinski definition) is 0. The third-order valence-electron chi connectivity index (χ3n) is 5.48. The molecule has 0 aliphatic carbocycles. The summed E-state index contributed by atoms with van der Waals surface area (Å²) in [5.41, 5.74) is 3.12. The van der Waals surface area contributed by atoms with Gasteiger partial charge in [0.1, 0.15) is 21.9 Å². The number of halogens is 1. The van der Waals surface area contributed by atoms with Gasteiger partial charge in [0.2, 0.25) is 0 Å². The van der Waals surface area contributed by atoms with Crippen LogP contribution in [-0.4, -0.2) is 37.0 Å². The minimum absolute atomic E-state index is 0.0410. The summed E-state index contributed by atoms with van der Waals surface area (Å²) in [6.07, 6.45) is 5.95. The van der Waals surface area contributed by atoms with Crippen LogP contribution in [0.25, 0.3) is 33.5 Å². The Hall–Kier alpha value is -2.71. The molecule has 8 nitrogen and oxygen atoms in total. The predicted molar refractivity (Wildman–Crippen MR) is 109 cm³/mol. The quantitative estimate of drug-likeness (QED) is 0.475. The molecule has 0 spiro atoms. The molecule has 0 unspecified atom stereocenters. The summed E-state index contributed by atoms with van der Waals surface area (Å²) < 4.78 is 15.3. The zero-order valence-corrected chi connectivity index (χ0v) is 16.9. The summed E-state index contributed by atoms with van der Waals surface area (Å²) in [4.78, 5) is 22.1. The molecule has 1 aliphatic heterocycles. The molecule has 0 saturated carbocycles. The fraction of sp³-hybridized carbons (Fsp3) is 0.400. The molecular formula is C20H20ClN5O3. The zero-order chi connectivity index (χ0) is 20.1. The Labute approximate surface area is 171 Å². The molecular weight excluding hydrogens is 394 g/mol. The van der Waals surface area contributed by atoms with Gasteiger partial charge in [-0.3, -0.25) is 9.25 Å². The van der Waals surface area contributed by atoms with Gasteiger partial charge in [-0.15, -0.1) is 0 Å². The molecule has 0 amide bonds. The van der Waals surface area contributed by atoms with Crippen molar-refractivity contribution in [2.24, 2.45) is 7.05 Å². The molecule has 1 fully saturated rings. The number of aryl methyl sites for hydroxylation is 1. The second-order valence-electron chi connectivity index (χ2n) is 7.36. The third-order valence-corrected chi connectivity index (χ3v) is 5.69. The maximum absolute atomic E-state index is 13.2. The Morgan fingerprint density at radius 2 is 2.17 bits per heavy atom. The molecule has 0 N–H and O–H groups in total. The summed E-state index contributed by atoms with van der Waals surface area (Å²) >= 11 is 6.17. The average Bonchev–Trinajstić information content (AvgIpc) is 3.31. The van der Waals surface area contributed by atoms with E-state index in [9.17, 15) is 4.79 Å². The van der Waals surface area contributed by atoms with Gasteiger partial charge < -0.3 is 9.15 Å². The highest BCUT2D eigenvalue weighted by atomic mass is 35.5. The van der Waals surface area contributed by atoms with Crippen molar-refractivity contribution < 1.29 is 9.15 Å². The number of fused-ring (bicyclic) bond motifs is 3. The van der Waals surface area contributed by atoms with Crippen molar-refractivity contribution in [2.45, 2.75) is 38.3 Å². The van der Waals surface area contributed by atoms with Gasteiger partial charge in [0, 0.05) is 31.5 Å². The van der Waals surface area contributed by atoms with E-state index in [1.54, 1.807) is 33.8 Å². The molecule has 4 aromatic rings. The first kappa shape index (κ1) is 18.3. The van der Waals surface area contributed by atoms with Crippen molar-refractivity contribution in [1.29, 1.82) is 0 Å². The van der Waals surface area contributed by atoms with Crippen molar-refractivity contribution >= 4 is 33.8 Å². The number of rotatable bonds is 3. The van der Waals surface area contributed by atoms with Crippen LogP contribution in [0.1, 0.15) is 32.2 Å². The van der Waals surface area contributed by atoms with Crippen LogP contribution in [0.15, 0.2) is 33.7 Å². The summed E-state index contributed by atoms with van der Waals surface area (Å²) in [6.45, 7) is 2.69. The lowest BCUT2D eigenvalue weighted by molar-refractivity contribution is -0.00710. The molecule has 4 aromatic heterocycles. The number of pyridine rings is 1. The fourth-order valence-electron chi connectivity index (χ4n) is 4.08. The van der Waals surface area contributed by atoms with Crippen molar-refractivity contribution in [3.05, 3.63) is 40.2 Å². The average molecular weight is 414 g/mol. The van der Waals surface area contributed by atoms with E-state index < -0.39 is 0 Å². The maximum atomic E-state index is 13.2. The van der Waals surface area contributed by atoms with Gasteiger partial charge in [0.15, 0.2) is 11.2 Å². The number of nitrogens with zero attached hydrogens (tertiary/aromatic N) is 5. The van der Waals surface area contributed by atoms with Crippen LogP contribution in [0.3, 0.4) is 0 Å². The van der Waals surface area contributed by atoms with Crippen LogP contribution in [0.5, 0.6) is 0 Å². The summed E-state index contributed by atoms with van der Waals surface area (Å²) in [7, 11) is 1.81. The first-order valence-corrected chi connectivity index (χ1v) is 10.0. The second-order valence-corrected chi connectivity index (χ2v) is 7.74. The molecule has 0 bridgehead atoms. The Kier molecular flexibility index (Phi) is 4.40. The van der Waals surface area contributed by atoms with Crippen molar-refractivity contribution in [3.63, 3.8) is 0 Å². The van der Waals surface area contributed by atoms with Gasteiger partial charge in [0.05, 0.1) is 12.3 Å². The smallest absolute Gasteiger partial charge is 0.349 e. The lowest BCUT2D eigenvalue weighted by Crippen LogP contribution is -2.34. The van der Waals surface area contributed by atoms with E-state index in [1.165, 1.54) is 0 Å². The maximum Gasteiger partial charge on any atom is 0.349 e. The predicted octanol–water partition coefficient (Wildman–Crippen LogP) is 3.72. The molecule has 5 heterocycles. The van der Waals surface area contributed by atoms with E-state index in [2.05, 4.69) is 22.0 Å². The van der Waals surface area contributed by atoms with Gasteiger partial charge >= 0.3 is 5.69 Å². The largest absolute Gasteiger partial charge is 0.450 e. The van der Waals surface area contributed by atoms with Crippen LogP contribution in [0.2, 0.25) is 5.15 Å². The third kappa shape index (κ3) is 3.03. The second kappa shape index (κ2) is 6.96. The van der Waals surface area contributed by atoms with E-state index in [4.69, 9.17) is 20.8 Å². The highest BCUT2D eigenvalue weighted by molar-refractivity contribution is 6.30. The molecule has 0 aromatic carbocycles. The molecule has 9 heteroatoms. The lowest BCUT2D eigenvalue weighted by Gasteiger charge is -2.30. The van der Waals surface area contributed by atoms with E-state index >= 15 is 0 Å². The highest BCUT2D eigenvalue weighted by Crippen LogP contribution is 2.36. The number of aromatic nitrogens is 5. The minimum Gasteiger partial charge on any atom is -0.450 e. The van der Waals surface area contributed by atoms with Gasteiger partial charge in [-0.1, -0.05) is 18.5 Å². The van der Waals surface area contributed by atoms with Gasteiger partial charge in [-0.2, -0.15) is 10.1 Å². The van der Waals surface area contributed by atoms with E-state index in [0.717, 1.165) is 19.3 Å². The zero-order valence-electron chi connectivity index (χ0n) is 16.1. The van der Waals surface area contributed by atoms with Crippen LogP contribution >= 0.6 is 11.6 Å². The van der Waals surface area contributed by atoms with E-state index in [1.807, 2.05) is 7.05 Å². The summed E-state index contributed by atoms with van der Waals surface area (Å²) in [6, 6.07) is 3.40. The summed E-state index contributed by atoms with van der Waals surface area (Å²) in [5, 5.41) is 4.55. The molecule has 2 atom stereocenters. The van der Waals surface area contributed by atoms with Crippen molar-refractivity contribution in [2.75, 3.05) is 6.61 Å². The number of ether oxygens (including phenoxy) is 1. The van der Waals surface area contributed by atoms with Crippen LogP contribution < -0.4 is 5.69 Å². The lowest BCUT2D eigenvalue weighted by atomic mass is 10.0. The topological polar surface area (TPSA) is 88.0 Å². The first-order chi connectivity index (χ1) is 14.0. The molecule has 1 aliphatic rings. The summed E-state index contributed by atoms with van der Waals surface area (Å²) in [5.74, 6) is 0. The molecule has 5 rings (SSSR count). The minimum atomic E-state index is -0.331. The molecule has 0 radical (unpaired) electrons. The van der Waals surface area contributed by atoms with Gasteiger partial charge in [-0.25, -0.2) is 9.78 Å². The van der Waals surface area contributed by atoms with Crippen LogP contribution in [-0.2, 0) is 11.8 Å². The molecule has 150 valence electrons. The van der Waals surface area contributed by atoms with Crippen LogP contribution in [0, 0.1) is 0 Å². The van der Waals surface area contributed by atoms with Crippen molar-refractivity contribution in [3.8, 4) is 11.3 Å². The normalized spacial score (nSPS) is 20.0. The van der Waals surface area contributed by atoms with Gasteiger partial charge in [0.25, 0.3) is 0 Å². The Morgan fingerprint density at radius 3 is 2.93 bits per heavy atom. The van der Waals surface area contributed by atoms with E-state index in [-0.39, 0.29) is 17.8 Å². The van der Waals surface area contributed by atoms with Gasteiger partial charge in [-0.05, 0) is 31.4 Å². The standard InChI is InChI=1S/C20H20ClN5O3/c1-3-13-8-12(6-7-28-13)26-18-17-14(4-5-15(21)23-17)29-19(18)16(24-20(26)27)11-9-22-25(2)10-11/h4-5,9-10,12-13H,3,6-8H2,1-2H3/t12-,13-/m1/s1. The Balaban J connectivity index is 1.83. The van der Waals surface area contributed by atoms with Crippen molar-refractivity contribution in [1.82, 2.24) is 24.3 Å². The SMILES string of the molecule is CC[C@@H]1C[C@H](n2c(=O)nc(-c3cnn(C)c3)c3oc4ccc(Cl)nc4c32)CCO1. The first-order valence-electron chi connectivity index (χ1n) is 9.67.